The molecule has 0 amide bonds. The Morgan fingerprint density at radius 1 is 0.268 bits per heavy atom. The van der Waals surface area contributed by atoms with Gasteiger partial charge in [0, 0.05) is 33.4 Å². The second kappa shape index (κ2) is 14.4. The molecule has 0 bridgehead atoms. The minimum Gasteiger partial charge on any atom is -0.310 e. The number of rotatable bonds is 8. The molecule has 0 unspecified atom stereocenters. The van der Waals surface area contributed by atoms with Gasteiger partial charge in [-0.15, -0.1) is 0 Å². The topological polar surface area (TPSA) is 8.17 Å². The minimum atomic E-state index is 1.10. The number of hydrogen-bond donors (Lipinski definition) is 0. The van der Waals surface area contributed by atoms with Crippen LogP contribution in [0.3, 0.4) is 0 Å². The molecule has 0 N–H and O–H groups in total. The van der Waals surface area contributed by atoms with Crippen molar-refractivity contribution in [2.24, 2.45) is 0 Å². The monoisotopic (exact) mass is 714 g/mol. The summed E-state index contributed by atoms with van der Waals surface area (Å²) in [6.07, 6.45) is 0. The first-order valence-electron chi connectivity index (χ1n) is 19.2. The zero-order valence-corrected chi connectivity index (χ0v) is 30.8. The summed E-state index contributed by atoms with van der Waals surface area (Å²) >= 11 is 0. The van der Waals surface area contributed by atoms with Gasteiger partial charge in [-0.3, -0.25) is 0 Å². The highest BCUT2D eigenvalue weighted by atomic mass is 15.1. The molecule has 0 fully saturated rings. The van der Waals surface area contributed by atoms with Crippen molar-refractivity contribution in [3.8, 4) is 50.2 Å². The van der Waals surface area contributed by atoms with E-state index in [-0.39, 0.29) is 0 Å². The van der Waals surface area contributed by atoms with E-state index in [9.17, 15) is 0 Å². The molecule has 0 aliphatic rings. The Labute approximate surface area is 327 Å². The first kappa shape index (κ1) is 33.2. The lowest BCUT2D eigenvalue weighted by atomic mass is 9.98. The van der Waals surface area contributed by atoms with Crippen LogP contribution in [0.2, 0.25) is 0 Å². The Morgan fingerprint density at radius 3 is 1.23 bits per heavy atom. The number of hydrogen-bond acceptors (Lipinski definition) is 1. The maximum Gasteiger partial charge on any atom is 0.0541 e. The van der Waals surface area contributed by atoms with Gasteiger partial charge < -0.3 is 9.47 Å². The number of para-hydroxylation sites is 3. The molecular weight excluding hydrogens is 677 g/mol. The van der Waals surface area contributed by atoms with Gasteiger partial charge >= 0.3 is 0 Å². The molecular formula is C54H38N2. The standard InChI is InChI=1S/C54H38N2/c1-3-15-39(16-4-1)44-19-13-21-47(37-44)55(48-22-14-20-45(38-48)40-17-5-2-6-18-40)46-35-33-42(34-36-46)41-29-31-43(32-30-41)49-23-7-10-26-52(49)56-53-27-11-8-24-50(53)51-25-9-12-28-54(51)56/h1-38H. The summed E-state index contributed by atoms with van der Waals surface area (Å²) in [6, 6.07) is 83.0. The summed E-state index contributed by atoms with van der Waals surface area (Å²) in [7, 11) is 0. The third-order valence-corrected chi connectivity index (χ3v) is 10.8. The fourth-order valence-corrected chi connectivity index (χ4v) is 8.10. The molecule has 10 rings (SSSR count). The molecule has 0 spiro atoms. The van der Waals surface area contributed by atoms with Crippen molar-refractivity contribution < 1.29 is 0 Å². The van der Waals surface area contributed by atoms with Crippen molar-refractivity contribution in [1.29, 1.82) is 0 Å². The Hall–Kier alpha value is -7.42. The third-order valence-electron chi connectivity index (χ3n) is 10.8. The quantitative estimate of drug-likeness (QED) is 0.152. The van der Waals surface area contributed by atoms with E-state index in [2.05, 4.69) is 240 Å². The van der Waals surface area contributed by atoms with E-state index in [4.69, 9.17) is 0 Å². The molecule has 0 radical (unpaired) electrons. The molecule has 0 atom stereocenters. The predicted octanol–water partition coefficient (Wildman–Crippen LogP) is 14.9. The molecule has 0 aliphatic carbocycles. The van der Waals surface area contributed by atoms with Crippen LogP contribution in [-0.2, 0) is 0 Å². The first-order chi connectivity index (χ1) is 27.8. The average Bonchev–Trinajstić information content (AvgIpc) is 3.62. The van der Waals surface area contributed by atoms with E-state index in [1.807, 2.05) is 0 Å². The van der Waals surface area contributed by atoms with Crippen molar-refractivity contribution in [2.45, 2.75) is 0 Å². The lowest BCUT2D eigenvalue weighted by Gasteiger charge is -2.27. The summed E-state index contributed by atoms with van der Waals surface area (Å²) in [6.45, 7) is 0. The molecule has 10 aromatic rings. The fraction of sp³-hybridized carbons (Fsp3) is 0. The zero-order valence-electron chi connectivity index (χ0n) is 30.8. The largest absolute Gasteiger partial charge is 0.310 e. The average molecular weight is 715 g/mol. The van der Waals surface area contributed by atoms with Crippen molar-refractivity contribution in [3.63, 3.8) is 0 Å². The van der Waals surface area contributed by atoms with Gasteiger partial charge in [0.2, 0.25) is 0 Å². The second-order valence-electron chi connectivity index (χ2n) is 14.2. The van der Waals surface area contributed by atoms with Gasteiger partial charge in [-0.25, -0.2) is 0 Å². The number of benzene rings is 9. The molecule has 56 heavy (non-hydrogen) atoms. The molecule has 9 aromatic carbocycles. The maximum atomic E-state index is 2.41. The highest BCUT2D eigenvalue weighted by Crippen LogP contribution is 2.40. The van der Waals surface area contributed by atoms with E-state index in [0.717, 1.165) is 17.1 Å². The van der Waals surface area contributed by atoms with E-state index in [0.29, 0.717) is 0 Å². The Bertz CT molecular complexity index is 2810. The Kier molecular flexibility index (Phi) is 8.55. The molecule has 0 aliphatic heterocycles. The second-order valence-corrected chi connectivity index (χ2v) is 14.2. The molecule has 264 valence electrons. The summed E-state index contributed by atoms with van der Waals surface area (Å²) in [5.74, 6) is 0. The highest BCUT2D eigenvalue weighted by Gasteiger charge is 2.17. The molecule has 0 saturated heterocycles. The van der Waals surface area contributed by atoms with Crippen LogP contribution >= 0.6 is 0 Å². The Balaban J connectivity index is 1.01. The van der Waals surface area contributed by atoms with E-state index in [1.54, 1.807) is 0 Å². The highest BCUT2D eigenvalue weighted by molar-refractivity contribution is 6.09. The van der Waals surface area contributed by atoms with E-state index >= 15 is 0 Å². The van der Waals surface area contributed by atoms with Gasteiger partial charge in [0.25, 0.3) is 0 Å². The minimum absolute atomic E-state index is 1.10. The maximum absolute atomic E-state index is 2.41. The van der Waals surface area contributed by atoms with Gasteiger partial charge in [0.05, 0.1) is 16.7 Å². The summed E-state index contributed by atoms with van der Waals surface area (Å²) in [5, 5.41) is 2.53. The van der Waals surface area contributed by atoms with Crippen LogP contribution in [0.25, 0.3) is 72.0 Å². The lowest BCUT2D eigenvalue weighted by molar-refractivity contribution is 1.18. The Morgan fingerprint density at radius 2 is 0.679 bits per heavy atom. The van der Waals surface area contributed by atoms with Crippen molar-refractivity contribution in [1.82, 2.24) is 4.57 Å². The van der Waals surface area contributed by atoms with Gasteiger partial charge in [-0.1, -0.05) is 176 Å². The van der Waals surface area contributed by atoms with Crippen LogP contribution in [0.5, 0.6) is 0 Å². The van der Waals surface area contributed by atoms with Crippen LogP contribution in [0.4, 0.5) is 17.1 Å². The number of aromatic nitrogens is 1. The molecule has 1 aromatic heterocycles. The third kappa shape index (κ3) is 6.14. The molecule has 2 heteroatoms. The van der Waals surface area contributed by atoms with Crippen LogP contribution in [0, 0.1) is 0 Å². The van der Waals surface area contributed by atoms with Crippen LogP contribution in [0.1, 0.15) is 0 Å². The summed E-state index contributed by atoms with van der Waals surface area (Å²) in [5.41, 5.74) is 16.4. The number of fused-ring (bicyclic) bond motifs is 3. The first-order valence-corrected chi connectivity index (χ1v) is 19.2. The zero-order chi connectivity index (χ0) is 37.3. The smallest absolute Gasteiger partial charge is 0.0541 e. The summed E-state index contributed by atoms with van der Waals surface area (Å²) in [4.78, 5) is 2.36. The van der Waals surface area contributed by atoms with Crippen molar-refractivity contribution in [2.75, 3.05) is 4.90 Å². The van der Waals surface area contributed by atoms with Crippen molar-refractivity contribution >= 4 is 38.9 Å². The van der Waals surface area contributed by atoms with Crippen LogP contribution in [0.15, 0.2) is 231 Å². The predicted molar refractivity (Wildman–Crippen MR) is 237 cm³/mol. The van der Waals surface area contributed by atoms with Gasteiger partial charge in [0.1, 0.15) is 0 Å². The van der Waals surface area contributed by atoms with Gasteiger partial charge in [-0.2, -0.15) is 0 Å². The summed E-state index contributed by atoms with van der Waals surface area (Å²) < 4.78 is 2.41. The molecule has 0 saturated carbocycles. The number of nitrogens with zero attached hydrogens (tertiary/aromatic N) is 2. The number of anilines is 3. The fourth-order valence-electron chi connectivity index (χ4n) is 8.10. The molecule has 2 nitrogen and oxygen atoms in total. The SMILES string of the molecule is c1ccc(-c2cccc(N(c3ccc(-c4ccc(-c5ccccc5-n5c6ccccc6c6ccccc65)cc4)cc3)c3cccc(-c4ccccc4)c3)c2)cc1. The normalized spacial score (nSPS) is 11.2. The van der Waals surface area contributed by atoms with Crippen LogP contribution in [-0.4, -0.2) is 4.57 Å². The van der Waals surface area contributed by atoms with Gasteiger partial charge in [-0.05, 0) is 93.5 Å². The van der Waals surface area contributed by atoms with E-state index < -0.39 is 0 Å². The lowest BCUT2D eigenvalue weighted by Crippen LogP contribution is -2.10. The van der Waals surface area contributed by atoms with Crippen LogP contribution < -0.4 is 4.90 Å². The van der Waals surface area contributed by atoms with E-state index in [1.165, 1.54) is 72.0 Å². The van der Waals surface area contributed by atoms with Crippen molar-refractivity contribution in [3.05, 3.63) is 231 Å². The molecule has 1 heterocycles. The van der Waals surface area contributed by atoms with Gasteiger partial charge in [0.15, 0.2) is 0 Å².